The summed E-state index contributed by atoms with van der Waals surface area (Å²) in [4.78, 5) is 10.8. The van der Waals surface area contributed by atoms with Crippen LogP contribution in [0, 0.1) is 6.92 Å². The Morgan fingerprint density at radius 2 is 2.33 bits per heavy atom. The third-order valence-corrected chi connectivity index (χ3v) is 3.41. The third-order valence-electron chi connectivity index (χ3n) is 3.41. The lowest BCUT2D eigenvalue weighted by atomic mass is 10.1. The molecule has 100 valence electrons. The van der Waals surface area contributed by atoms with Crippen molar-refractivity contribution < 1.29 is 4.74 Å². The van der Waals surface area contributed by atoms with Crippen LogP contribution in [-0.2, 0) is 4.74 Å². The van der Waals surface area contributed by atoms with Crippen molar-refractivity contribution >= 4 is 11.6 Å². The molecule has 6 nitrogen and oxygen atoms in total. The molecule has 0 aliphatic carbocycles. The largest absolute Gasteiger partial charge is 0.375 e. The molecule has 18 heavy (non-hydrogen) atoms. The highest BCUT2D eigenvalue weighted by molar-refractivity contribution is 5.58. The number of anilines is 2. The number of nitrogen functional groups attached to an aromatic ring is 1. The van der Waals surface area contributed by atoms with Crippen molar-refractivity contribution in [3.8, 4) is 0 Å². The van der Waals surface area contributed by atoms with E-state index in [1.165, 1.54) is 0 Å². The quantitative estimate of drug-likeness (QED) is 0.618. The van der Waals surface area contributed by atoms with Gasteiger partial charge >= 0.3 is 0 Å². The lowest BCUT2D eigenvalue weighted by Crippen LogP contribution is -2.49. The van der Waals surface area contributed by atoms with Crippen molar-refractivity contribution in [1.29, 1.82) is 0 Å². The number of morpholine rings is 1. The molecular weight excluding hydrogens is 230 g/mol. The number of nitrogens with one attached hydrogen (secondary N) is 1. The van der Waals surface area contributed by atoms with E-state index in [4.69, 9.17) is 10.6 Å². The summed E-state index contributed by atoms with van der Waals surface area (Å²) in [6, 6.07) is 0.362. The highest BCUT2D eigenvalue weighted by atomic mass is 16.5. The van der Waals surface area contributed by atoms with Crippen LogP contribution < -0.4 is 16.2 Å². The molecule has 0 saturated carbocycles. The van der Waals surface area contributed by atoms with Crippen LogP contribution in [0.15, 0.2) is 6.33 Å². The second kappa shape index (κ2) is 5.49. The number of hydrogen-bond acceptors (Lipinski definition) is 6. The number of rotatable bonds is 3. The van der Waals surface area contributed by atoms with E-state index < -0.39 is 0 Å². The van der Waals surface area contributed by atoms with Gasteiger partial charge in [0, 0.05) is 12.1 Å². The Bertz CT molecular complexity index is 411. The van der Waals surface area contributed by atoms with Crippen LogP contribution in [-0.4, -0.2) is 35.3 Å². The minimum atomic E-state index is 0.219. The van der Waals surface area contributed by atoms with Crippen LogP contribution in [0.1, 0.15) is 25.8 Å². The van der Waals surface area contributed by atoms with Gasteiger partial charge in [0.15, 0.2) is 0 Å². The minimum absolute atomic E-state index is 0.219. The van der Waals surface area contributed by atoms with Gasteiger partial charge in [-0.05, 0) is 20.3 Å². The summed E-state index contributed by atoms with van der Waals surface area (Å²) in [5.41, 5.74) is 3.59. The predicted octanol–water partition coefficient (Wildman–Crippen LogP) is 1.07. The van der Waals surface area contributed by atoms with Crippen molar-refractivity contribution in [2.75, 3.05) is 23.5 Å². The number of nitrogens with zero attached hydrogens (tertiary/aromatic N) is 3. The molecule has 0 spiro atoms. The molecule has 1 fully saturated rings. The highest BCUT2D eigenvalue weighted by Gasteiger charge is 2.28. The van der Waals surface area contributed by atoms with Crippen LogP contribution in [0.4, 0.5) is 11.6 Å². The molecule has 0 amide bonds. The minimum Gasteiger partial charge on any atom is -0.375 e. The van der Waals surface area contributed by atoms with Crippen molar-refractivity contribution in [2.45, 2.75) is 39.3 Å². The Kier molecular flexibility index (Phi) is 3.98. The Morgan fingerprint density at radius 3 is 3.00 bits per heavy atom. The summed E-state index contributed by atoms with van der Waals surface area (Å²) in [5.74, 6) is 7.08. The van der Waals surface area contributed by atoms with E-state index >= 15 is 0 Å². The van der Waals surface area contributed by atoms with Crippen molar-refractivity contribution in [1.82, 2.24) is 9.97 Å². The standard InChI is InChI=1S/C12H21N5O/c1-4-10-6-18-8(2)5-17(10)12-9(3)11(16-13)14-7-15-12/h7-8,10H,4-6,13H2,1-3H3,(H,14,15,16). The molecule has 0 radical (unpaired) electrons. The molecule has 6 heteroatoms. The summed E-state index contributed by atoms with van der Waals surface area (Å²) in [6.07, 6.45) is 2.79. The van der Waals surface area contributed by atoms with Crippen LogP contribution in [0.2, 0.25) is 0 Å². The van der Waals surface area contributed by atoms with Crippen LogP contribution >= 0.6 is 0 Å². The van der Waals surface area contributed by atoms with E-state index in [0.29, 0.717) is 11.9 Å². The maximum Gasteiger partial charge on any atom is 0.148 e. The zero-order chi connectivity index (χ0) is 13.1. The van der Waals surface area contributed by atoms with E-state index in [0.717, 1.165) is 31.0 Å². The number of ether oxygens (including phenoxy) is 1. The molecule has 1 aromatic rings. The Balaban J connectivity index is 2.33. The van der Waals surface area contributed by atoms with Gasteiger partial charge in [-0.2, -0.15) is 0 Å². The van der Waals surface area contributed by atoms with E-state index in [-0.39, 0.29) is 6.10 Å². The average Bonchev–Trinajstić information content (AvgIpc) is 2.39. The summed E-state index contributed by atoms with van der Waals surface area (Å²) in [5, 5.41) is 0. The molecule has 2 heterocycles. The maximum absolute atomic E-state index is 5.70. The average molecular weight is 251 g/mol. The first kappa shape index (κ1) is 13.0. The summed E-state index contributed by atoms with van der Waals surface area (Å²) < 4.78 is 5.70. The second-order valence-electron chi connectivity index (χ2n) is 4.67. The first-order valence-electron chi connectivity index (χ1n) is 6.33. The monoisotopic (exact) mass is 251 g/mol. The molecule has 3 N–H and O–H groups in total. The summed E-state index contributed by atoms with van der Waals surface area (Å²) in [7, 11) is 0. The van der Waals surface area contributed by atoms with Gasteiger partial charge in [0.05, 0.1) is 18.8 Å². The van der Waals surface area contributed by atoms with Crippen LogP contribution in [0.25, 0.3) is 0 Å². The normalized spacial score (nSPS) is 24.1. The van der Waals surface area contributed by atoms with E-state index in [1.807, 2.05) is 6.92 Å². The van der Waals surface area contributed by atoms with Gasteiger partial charge in [-0.25, -0.2) is 15.8 Å². The number of hydrazine groups is 1. The van der Waals surface area contributed by atoms with E-state index in [2.05, 4.69) is 34.1 Å². The molecule has 0 bridgehead atoms. The van der Waals surface area contributed by atoms with Gasteiger partial charge in [-0.3, -0.25) is 0 Å². The third kappa shape index (κ3) is 2.39. The fraction of sp³-hybridized carbons (Fsp3) is 0.667. The van der Waals surface area contributed by atoms with Crippen LogP contribution in [0.3, 0.4) is 0 Å². The fourth-order valence-electron chi connectivity index (χ4n) is 2.32. The summed E-state index contributed by atoms with van der Waals surface area (Å²) in [6.45, 7) is 7.82. The predicted molar refractivity (Wildman–Crippen MR) is 71.4 cm³/mol. The zero-order valence-electron chi connectivity index (χ0n) is 11.2. The topological polar surface area (TPSA) is 76.3 Å². The zero-order valence-corrected chi connectivity index (χ0v) is 11.2. The molecule has 2 rings (SSSR count). The van der Waals surface area contributed by atoms with Gasteiger partial charge in [0.1, 0.15) is 18.0 Å². The van der Waals surface area contributed by atoms with Crippen LogP contribution in [0.5, 0.6) is 0 Å². The van der Waals surface area contributed by atoms with Gasteiger partial charge in [0.2, 0.25) is 0 Å². The molecule has 1 aliphatic heterocycles. The van der Waals surface area contributed by atoms with Crippen molar-refractivity contribution in [3.63, 3.8) is 0 Å². The van der Waals surface area contributed by atoms with Gasteiger partial charge in [0.25, 0.3) is 0 Å². The lowest BCUT2D eigenvalue weighted by molar-refractivity contribution is 0.0295. The van der Waals surface area contributed by atoms with E-state index in [9.17, 15) is 0 Å². The first-order chi connectivity index (χ1) is 8.67. The first-order valence-corrected chi connectivity index (χ1v) is 6.33. The van der Waals surface area contributed by atoms with E-state index in [1.54, 1.807) is 6.33 Å². The van der Waals surface area contributed by atoms with Crippen molar-refractivity contribution in [3.05, 3.63) is 11.9 Å². The molecule has 1 aliphatic rings. The number of hydrogen-bond donors (Lipinski definition) is 2. The van der Waals surface area contributed by atoms with Gasteiger partial charge in [-0.1, -0.05) is 6.92 Å². The van der Waals surface area contributed by atoms with Gasteiger partial charge in [-0.15, -0.1) is 0 Å². The Labute approximate surface area is 108 Å². The maximum atomic E-state index is 5.70. The fourth-order valence-corrected chi connectivity index (χ4v) is 2.32. The molecule has 1 aromatic heterocycles. The molecule has 0 aromatic carbocycles. The molecular formula is C12H21N5O. The molecule has 2 atom stereocenters. The smallest absolute Gasteiger partial charge is 0.148 e. The number of nitrogens with two attached hydrogens (primary N) is 1. The Hall–Kier alpha value is -1.40. The van der Waals surface area contributed by atoms with Crippen molar-refractivity contribution in [2.24, 2.45) is 5.84 Å². The molecule has 1 saturated heterocycles. The SMILES string of the molecule is CCC1COC(C)CN1c1ncnc(NN)c1C. The lowest BCUT2D eigenvalue weighted by Gasteiger charge is -2.39. The second-order valence-corrected chi connectivity index (χ2v) is 4.67. The number of aromatic nitrogens is 2. The molecule has 2 unspecified atom stereocenters. The highest BCUT2D eigenvalue weighted by Crippen LogP contribution is 2.27. The Morgan fingerprint density at radius 1 is 1.56 bits per heavy atom. The summed E-state index contributed by atoms with van der Waals surface area (Å²) >= 11 is 0. The van der Waals surface area contributed by atoms with Gasteiger partial charge < -0.3 is 15.1 Å².